The summed E-state index contributed by atoms with van der Waals surface area (Å²) in [7, 11) is 1.67. The van der Waals surface area contributed by atoms with Crippen molar-refractivity contribution in [1.29, 1.82) is 0 Å². The lowest BCUT2D eigenvalue weighted by molar-refractivity contribution is 0.0741. The number of anilines is 3. The van der Waals surface area contributed by atoms with Crippen LogP contribution in [0, 0.1) is 13.8 Å². The number of benzene rings is 2. The molecule has 0 atom stereocenters. The second-order valence-electron chi connectivity index (χ2n) is 7.40. The van der Waals surface area contributed by atoms with Crippen LogP contribution in [0.25, 0.3) is 0 Å². The van der Waals surface area contributed by atoms with Gasteiger partial charge in [0, 0.05) is 31.9 Å². The molecule has 1 amide bonds. The summed E-state index contributed by atoms with van der Waals surface area (Å²) in [5.74, 6) is 1.15. The van der Waals surface area contributed by atoms with Crippen molar-refractivity contribution in [3.05, 3.63) is 59.3 Å². The van der Waals surface area contributed by atoms with Crippen LogP contribution in [-0.4, -0.2) is 59.5 Å². The molecule has 156 valence electrons. The van der Waals surface area contributed by atoms with Crippen LogP contribution in [0.2, 0.25) is 0 Å². The van der Waals surface area contributed by atoms with Gasteiger partial charge in [0.25, 0.3) is 5.91 Å². The summed E-state index contributed by atoms with van der Waals surface area (Å²) in [6.07, 6.45) is 0. The first-order valence-electron chi connectivity index (χ1n) is 9.99. The Morgan fingerprint density at radius 1 is 1.03 bits per heavy atom. The van der Waals surface area contributed by atoms with Crippen LogP contribution < -0.4 is 15.0 Å². The predicted octanol–water partition coefficient (Wildman–Crippen LogP) is 3.14. The molecule has 4 rings (SSSR count). The number of carbonyl (C=O) groups is 1. The van der Waals surface area contributed by atoms with Crippen LogP contribution in [0.5, 0.6) is 5.75 Å². The van der Waals surface area contributed by atoms with E-state index in [9.17, 15) is 4.79 Å². The minimum absolute atomic E-state index is 0.130. The molecule has 1 aromatic heterocycles. The monoisotopic (exact) mass is 406 g/mol. The van der Waals surface area contributed by atoms with Crippen molar-refractivity contribution in [1.82, 2.24) is 20.3 Å². The zero-order valence-corrected chi connectivity index (χ0v) is 17.5. The first-order valence-corrected chi connectivity index (χ1v) is 9.99. The Kier molecular flexibility index (Phi) is 5.56. The van der Waals surface area contributed by atoms with Crippen molar-refractivity contribution >= 4 is 23.1 Å². The molecule has 0 saturated carbocycles. The van der Waals surface area contributed by atoms with Gasteiger partial charge in [-0.2, -0.15) is 5.21 Å². The van der Waals surface area contributed by atoms with Gasteiger partial charge >= 0.3 is 0 Å². The summed E-state index contributed by atoms with van der Waals surface area (Å²) in [4.78, 5) is 17.1. The number of aromatic nitrogens is 3. The molecular weight excluding hydrogens is 380 g/mol. The van der Waals surface area contributed by atoms with E-state index in [1.165, 1.54) is 11.1 Å². The highest BCUT2D eigenvalue weighted by Crippen LogP contribution is 2.29. The molecular formula is C22H26N6O2. The van der Waals surface area contributed by atoms with Crippen LogP contribution in [0.3, 0.4) is 0 Å². The van der Waals surface area contributed by atoms with Gasteiger partial charge in [-0.25, -0.2) is 0 Å². The minimum Gasteiger partial charge on any atom is -0.495 e. The number of aromatic amines is 1. The van der Waals surface area contributed by atoms with Crippen molar-refractivity contribution in [2.45, 2.75) is 13.8 Å². The Morgan fingerprint density at radius 2 is 1.80 bits per heavy atom. The number of carbonyl (C=O) groups excluding carboxylic acids is 1. The van der Waals surface area contributed by atoms with Crippen molar-refractivity contribution in [3.63, 3.8) is 0 Å². The number of hydrogen-bond donors (Lipinski definition) is 2. The predicted molar refractivity (Wildman–Crippen MR) is 117 cm³/mol. The van der Waals surface area contributed by atoms with Crippen LogP contribution in [-0.2, 0) is 0 Å². The Labute approximate surface area is 175 Å². The molecule has 0 bridgehead atoms. The molecule has 1 aliphatic heterocycles. The molecule has 0 unspecified atom stereocenters. The van der Waals surface area contributed by atoms with Gasteiger partial charge in [0.05, 0.1) is 12.8 Å². The van der Waals surface area contributed by atoms with Crippen LogP contribution >= 0.6 is 0 Å². The van der Waals surface area contributed by atoms with Crippen LogP contribution in [0.4, 0.5) is 17.2 Å². The third-order valence-electron chi connectivity index (χ3n) is 5.51. The van der Waals surface area contributed by atoms with Crippen molar-refractivity contribution in [3.8, 4) is 5.75 Å². The summed E-state index contributed by atoms with van der Waals surface area (Å²) in [6.45, 7) is 6.78. The molecule has 8 nitrogen and oxygen atoms in total. The molecule has 0 aliphatic carbocycles. The minimum atomic E-state index is -0.130. The summed E-state index contributed by atoms with van der Waals surface area (Å²) < 4.78 is 5.47. The standard InChI is InChI=1S/C22H26N6O2/c1-15-8-9-17(14-16(15)2)23-21-20(24-26-25-21)22(29)28-12-10-27(11-13-28)18-6-4-5-7-19(18)30-3/h4-9,14H,10-13H2,1-3H3,(H2,23,24,25,26). The quantitative estimate of drug-likeness (QED) is 0.677. The summed E-state index contributed by atoms with van der Waals surface area (Å²) in [5.41, 5.74) is 4.61. The lowest BCUT2D eigenvalue weighted by Crippen LogP contribution is -2.49. The highest BCUT2D eigenvalue weighted by molar-refractivity contribution is 5.97. The van der Waals surface area contributed by atoms with Gasteiger partial charge in [-0.15, -0.1) is 10.2 Å². The molecule has 1 saturated heterocycles. The number of H-pyrrole nitrogens is 1. The molecule has 0 spiro atoms. The van der Waals surface area contributed by atoms with E-state index in [1.807, 2.05) is 47.4 Å². The van der Waals surface area contributed by atoms with E-state index >= 15 is 0 Å². The fourth-order valence-electron chi connectivity index (χ4n) is 3.61. The SMILES string of the molecule is COc1ccccc1N1CCN(C(=O)c2n[nH]nc2Nc2ccc(C)c(C)c2)CC1. The second kappa shape index (κ2) is 8.44. The fraction of sp³-hybridized carbons (Fsp3) is 0.318. The molecule has 2 aromatic carbocycles. The average Bonchev–Trinajstić information content (AvgIpc) is 3.24. The highest BCUT2D eigenvalue weighted by Gasteiger charge is 2.27. The summed E-state index contributed by atoms with van der Waals surface area (Å²) in [6, 6.07) is 14.0. The average molecular weight is 406 g/mol. The lowest BCUT2D eigenvalue weighted by Gasteiger charge is -2.36. The maximum absolute atomic E-state index is 13.1. The van der Waals surface area contributed by atoms with Gasteiger partial charge < -0.3 is 19.9 Å². The zero-order valence-electron chi connectivity index (χ0n) is 17.5. The molecule has 3 aromatic rings. The van der Waals surface area contributed by atoms with Crippen molar-refractivity contribution < 1.29 is 9.53 Å². The topological polar surface area (TPSA) is 86.4 Å². The Balaban J connectivity index is 1.44. The van der Waals surface area contributed by atoms with Crippen molar-refractivity contribution in [2.24, 2.45) is 0 Å². The Bertz CT molecular complexity index is 1040. The lowest BCUT2D eigenvalue weighted by atomic mass is 10.1. The first-order chi connectivity index (χ1) is 14.6. The third-order valence-corrected chi connectivity index (χ3v) is 5.51. The summed E-state index contributed by atoms with van der Waals surface area (Å²) >= 11 is 0. The maximum atomic E-state index is 13.1. The molecule has 2 heterocycles. The third kappa shape index (κ3) is 3.94. The number of ether oxygens (including phenoxy) is 1. The molecule has 2 N–H and O–H groups in total. The van der Waals surface area contributed by atoms with Crippen LogP contribution in [0.15, 0.2) is 42.5 Å². The van der Waals surface area contributed by atoms with Gasteiger partial charge in [-0.3, -0.25) is 4.79 Å². The van der Waals surface area contributed by atoms with E-state index in [0.717, 1.165) is 30.2 Å². The molecule has 30 heavy (non-hydrogen) atoms. The first kappa shape index (κ1) is 19.8. The number of hydrogen-bond acceptors (Lipinski definition) is 6. The molecule has 8 heteroatoms. The number of methoxy groups -OCH3 is 1. The highest BCUT2D eigenvalue weighted by atomic mass is 16.5. The van der Waals surface area contributed by atoms with E-state index < -0.39 is 0 Å². The van der Waals surface area contributed by atoms with Gasteiger partial charge in [0.2, 0.25) is 0 Å². The number of piperazine rings is 1. The van der Waals surface area contributed by atoms with Gasteiger partial charge in [0.1, 0.15) is 5.75 Å². The zero-order chi connectivity index (χ0) is 21.1. The summed E-state index contributed by atoms with van der Waals surface area (Å²) in [5, 5.41) is 14.0. The maximum Gasteiger partial charge on any atom is 0.278 e. The number of nitrogens with zero attached hydrogens (tertiary/aromatic N) is 4. The van der Waals surface area contributed by atoms with Gasteiger partial charge in [-0.05, 0) is 49.2 Å². The Hall–Kier alpha value is -3.55. The van der Waals surface area contributed by atoms with Gasteiger partial charge in [-0.1, -0.05) is 18.2 Å². The molecule has 1 aliphatic rings. The second-order valence-corrected chi connectivity index (χ2v) is 7.40. The Morgan fingerprint density at radius 3 is 2.53 bits per heavy atom. The van der Waals surface area contributed by atoms with E-state index in [4.69, 9.17) is 4.74 Å². The smallest absolute Gasteiger partial charge is 0.278 e. The fourth-order valence-corrected chi connectivity index (χ4v) is 3.61. The van der Waals surface area contributed by atoms with E-state index in [0.29, 0.717) is 24.6 Å². The number of rotatable bonds is 5. The number of amides is 1. The molecule has 1 fully saturated rings. The van der Waals surface area contributed by atoms with Gasteiger partial charge in [0.15, 0.2) is 11.5 Å². The normalized spacial score (nSPS) is 14.0. The van der Waals surface area contributed by atoms with Crippen molar-refractivity contribution in [2.75, 3.05) is 43.5 Å². The van der Waals surface area contributed by atoms with E-state index in [-0.39, 0.29) is 5.91 Å². The number of para-hydroxylation sites is 2. The number of aryl methyl sites for hydroxylation is 2. The largest absolute Gasteiger partial charge is 0.495 e. The van der Waals surface area contributed by atoms with Crippen LogP contribution in [0.1, 0.15) is 21.6 Å². The number of nitrogens with one attached hydrogen (secondary N) is 2. The van der Waals surface area contributed by atoms with E-state index in [1.54, 1.807) is 7.11 Å². The molecule has 0 radical (unpaired) electrons. The van der Waals surface area contributed by atoms with E-state index in [2.05, 4.69) is 39.5 Å².